The zero-order valence-corrected chi connectivity index (χ0v) is 13.0. The highest BCUT2D eigenvalue weighted by molar-refractivity contribution is 6.81. The van der Waals surface area contributed by atoms with Crippen LogP contribution in [0.15, 0.2) is 0 Å². The zero-order chi connectivity index (χ0) is 13.1. The summed E-state index contributed by atoms with van der Waals surface area (Å²) in [7, 11) is -1.73. The summed E-state index contributed by atoms with van der Waals surface area (Å²) in [5.41, 5.74) is -0.318. The Kier molecular flexibility index (Phi) is 5.70. The van der Waals surface area contributed by atoms with E-state index in [1.807, 2.05) is 0 Å². The molecule has 0 aromatic heterocycles. The maximum Gasteiger partial charge on any atom is 0.0866 e. The van der Waals surface area contributed by atoms with Gasteiger partial charge in [0.15, 0.2) is 0 Å². The van der Waals surface area contributed by atoms with Gasteiger partial charge >= 0.3 is 0 Å². The van der Waals surface area contributed by atoms with Crippen molar-refractivity contribution in [3.63, 3.8) is 0 Å². The first-order valence-corrected chi connectivity index (χ1v) is 9.42. The topological polar surface area (TPSA) is 40.5 Å². The summed E-state index contributed by atoms with van der Waals surface area (Å²) in [6, 6.07) is 0. The van der Waals surface area contributed by atoms with Gasteiger partial charge in [-0.25, -0.2) is 0 Å². The average Bonchev–Trinajstić information content (AvgIpc) is 1.99. The van der Waals surface area contributed by atoms with E-state index in [0.29, 0.717) is 12.3 Å². The van der Waals surface area contributed by atoms with Gasteiger partial charge < -0.3 is 10.2 Å². The van der Waals surface area contributed by atoms with E-state index >= 15 is 0 Å². The summed E-state index contributed by atoms with van der Waals surface area (Å²) >= 11 is 0. The molecule has 2 nitrogen and oxygen atoms in total. The SMILES string of the molecule is CC(C)CC(O)CC(O)[Si](C)(C)C(C)(C)C. The molecule has 0 radical (unpaired) electrons. The third kappa shape index (κ3) is 4.56. The molecule has 98 valence electrons. The average molecular weight is 246 g/mol. The Hall–Kier alpha value is 0.137. The number of aliphatic hydroxyl groups excluding tert-OH is 2. The van der Waals surface area contributed by atoms with Crippen molar-refractivity contribution in [1.82, 2.24) is 0 Å². The molecule has 16 heavy (non-hydrogen) atoms. The van der Waals surface area contributed by atoms with Crippen molar-refractivity contribution >= 4 is 8.07 Å². The highest BCUT2D eigenvalue weighted by Crippen LogP contribution is 2.39. The summed E-state index contributed by atoms with van der Waals surface area (Å²) in [5, 5.41) is 20.3. The fourth-order valence-corrected chi connectivity index (χ4v) is 3.55. The van der Waals surface area contributed by atoms with Crippen LogP contribution in [0.4, 0.5) is 0 Å². The van der Waals surface area contributed by atoms with Crippen LogP contribution in [0, 0.1) is 5.92 Å². The van der Waals surface area contributed by atoms with Gasteiger partial charge in [-0.05, 0) is 23.8 Å². The standard InChI is InChI=1S/C13H30O2Si/c1-10(2)8-11(14)9-12(15)16(6,7)13(3,4)5/h10-12,14-15H,8-9H2,1-7H3. The summed E-state index contributed by atoms with van der Waals surface area (Å²) in [6.07, 6.45) is 0.963. The second-order valence-corrected chi connectivity index (χ2v) is 12.6. The highest BCUT2D eigenvalue weighted by atomic mass is 28.3. The third-order valence-corrected chi connectivity index (χ3v) is 9.77. The summed E-state index contributed by atoms with van der Waals surface area (Å²) in [4.78, 5) is 0. The van der Waals surface area contributed by atoms with Crippen molar-refractivity contribution in [3.05, 3.63) is 0 Å². The molecule has 0 saturated carbocycles. The van der Waals surface area contributed by atoms with Gasteiger partial charge in [-0.15, -0.1) is 0 Å². The lowest BCUT2D eigenvalue weighted by Gasteiger charge is -2.41. The Morgan fingerprint density at radius 1 is 1.00 bits per heavy atom. The minimum absolute atomic E-state index is 0.171. The first-order valence-electron chi connectivity index (χ1n) is 6.34. The van der Waals surface area contributed by atoms with E-state index in [2.05, 4.69) is 47.7 Å². The fraction of sp³-hybridized carbons (Fsp3) is 1.00. The molecule has 0 rings (SSSR count). The molecule has 2 unspecified atom stereocenters. The van der Waals surface area contributed by atoms with Gasteiger partial charge in [-0.1, -0.05) is 47.7 Å². The van der Waals surface area contributed by atoms with Crippen LogP contribution < -0.4 is 0 Å². The molecule has 0 saturated heterocycles. The van der Waals surface area contributed by atoms with Crippen LogP contribution in [0.1, 0.15) is 47.5 Å². The van der Waals surface area contributed by atoms with Crippen LogP contribution in [0.5, 0.6) is 0 Å². The Morgan fingerprint density at radius 3 is 1.75 bits per heavy atom. The maximum absolute atomic E-state index is 10.3. The Morgan fingerprint density at radius 2 is 1.44 bits per heavy atom. The van der Waals surface area contributed by atoms with Crippen LogP contribution in [0.3, 0.4) is 0 Å². The number of hydrogen-bond acceptors (Lipinski definition) is 2. The maximum atomic E-state index is 10.3. The number of aliphatic hydroxyl groups is 2. The Labute approximate surface area is 102 Å². The van der Waals surface area contributed by atoms with Crippen molar-refractivity contribution < 1.29 is 10.2 Å². The summed E-state index contributed by atoms with van der Waals surface area (Å²) < 4.78 is 0. The normalized spacial score (nSPS) is 17.6. The Bertz CT molecular complexity index is 206. The van der Waals surface area contributed by atoms with Gasteiger partial charge in [0.1, 0.15) is 0 Å². The molecule has 3 heteroatoms. The van der Waals surface area contributed by atoms with E-state index in [1.54, 1.807) is 0 Å². The molecule has 2 atom stereocenters. The molecule has 0 aliphatic rings. The van der Waals surface area contributed by atoms with E-state index in [9.17, 15) is 10.2 Å². The van der Waals surface area contributed by atoms with Gasteiger partial charge in [0, 0.05) is 5.73 Å². The van der Waals surface area contributed by atoms with Gasteiger partial charge in [-0.2, -0.15) is 0 Å². The highest BCUT2D eigenvalue weighted by Gasteiger charge is 2.41. The quantitative estimate of drug-likeness (QED) is 0.731. The third-order valence-electron chi connectivity index (χ3n) is 4.00. The van der Waals surface area contributed by atoms with Crippen molar-refractivity contribution in [2.75, 3.05) is 0 Å². The lowest BCUT2D eigenvalue weighted by molar-refractivity contribution is 0.0947. The smallest absolute Gasteiger partial charge is 0.0866 e. The van der Waals surface area contributed by atoms with E-state index in [4.69, 9.17) is 0 Å². The first kappa shape index (κ1) is 16.1. The molecule has 0 aliphatic carbocycles. The van der Waals surface area contributed by atoms with E-state index in [1.165, 1.54) is 0 Å². The molecule has 0 fully saturated rings. The zero-order valence-electron chi connectivity index (χ0n) is 12.0. The lowest BCUT2D eigenvalue weighted by atomic mass is 10.0. The van der Waals surface area contributed by atoms with Crippen LogP contribution >= 0.6 is 0 Å². The first-order chi connectivity index (χ1) is 6.98. The molecule has 0 bridgehead atoms. The van der Waals surface area contributed by atoms with Crippen molar-refractivity contribution in [2.45, 2.75) is 77.4 Å². The summed E-state index contributed by atoms with van der Waals surface area (Å²) in [5.74, 6) is 0.488. The predicted octanol–water partition coefficient (Wildman–Crippen LogP) is 3.19. The second kappa shape index (κ2) is 5.65. The van der Waals surface area contributed by atoms with Crippen LogP contribution in [0.25, 0.3) is 0 Å². The monoisotopic (exact) mass is 246 g/mol. The summed E-state index contributed by atoms with van der Waals surface area (Å²) in [6.45, 7) is 15.2. The molecular formula is C13H30O2Si. The molecule has 0 aromatic carbocycles. The van der Waals surface area contributed by atoms with Crippen molar-refractivity contribution in [1.29, 1.82) is 0 Å². The predicted molar refractivity (Wildman–Crippen MR) is 73.3 cm³/mol. The number of hydrogen-bond donors (Lipinski definition) is 2. The van der Waals surface area contributed by atoms with Gasteiger partial charge in [0.2, 0.25) is 0 Å². The second-order valence-electron chi connectivity index (χ2n) is 7.01. The van der Waals surface area contributed by atoms with Gasteiger partial charge in [0.25, 0.3) is 0 Å². The molecule has 2 N–H and O–H groups in total. The number of rotatable bonds is 5. The van der Waals surface area contributed by atoms with Gasteiger partial charge in [0.05, 0.1) is 14.2 Å². The Balaban J connectivity index is 4.40. The van der Waals surface area contributed by atoms with E-state index < -0.39 is 8.07 Å². The largest absolute Gasteiger partial charge is 0.396 e. The van der Waals surface area contributed by atoms with Crippen LogP contribution in [0.2, 0.25) is 18.1 Å². The van der Waals surface area contributed by atoms with Crippen LogP contribution in [-0.2, 0) is 0 Å². The molecular weight excluding hydrogens is 216 g/mol. The molecule has 0 amide bonds. The molecule has 0 spiro atoms. The molecule has 0 heterocycles. The lowest BCUT2D eigenvalue weighted by Crippen LogP contribution is -2.50. The molecule has 0 aliphatic heterocycles. The van der Waals surface area contributed by atoms with Crippen molar-refractivity contribution in [2.24, 2.45) is 5.92 Å². The van der Waals surface area contributed by atoms with Gasteiger partial charge in [-0.3, -0.25) is 0 Å². The molecule has 0 aromatic rings. The van der Waals surface area contributed by atoms with Crippen LogP contribution in [-0.4, -0.2) is 30.1 Å². The van der Waals surface area contributed by atoms with E-state index in [-0.39, 0.29) is 16.9 Å². The minimum Gasteiger partial charge on any atom is -0.396 e. The fourth-order valence-electron chi connectivity index (χ4n) is 1.69. The van der Waals surface area contributed by atoms with Crippen molar-refractivity contribution in [3.8, 4) is 0 Å². The van der Waals surface area contributed by atoms with E-state index in [0.717, 1.165) is 6.42 Å². The minimum atomic E-state index is -1.73.